The fraction of sp³-hybridized carbons (Fsp3) is 0. The van der Waals surface area contributed by atoms with Crippen LogP contribution in [0.4, 0.5) is 11.4 Å². The zero-order chi connectivity index (χ0) is 21.3. The molecule has 0 atom stereocenters. The molecule has 0 saturated heterocycles. The van der Waals surface area contributed by atoms with Gasteiger partial charge in [0, 0.05) is 11.1 Å². The van der Waals surface area contributed by atoms with Crippen molar-refractivity contribution in [2.24, 2.45) is 21.9 Å². The highest BCUT2D eigenvalue weighted by atomic mass is 16.2. The highest BCUT2D eigenvalue weighted by Crippen LogP contribution is 2.23. The lowest BCUT2D eigenvalue weighted by Crippen LogP contribution is -2.17. The van der Waals surface area contributed by atoms with Crippen LogP contribution in [0.25, 0.3) is 0 Å². The second kappa shape index (κ2) is 9.65. The maximum Gasteiger partial charge on any atom is 0.255 e. The first-order chi connectivity index (χ1) is 14.6. The van der Waals surface area contributed by atoms with Gasteiger partial charge in [-0.25, -0.2) is 0 Å². The minimum atomic E-state index is -0.329. The molecule has 0 aliphatic rings. The molecule has 30 heavy (non-hydrogen) atoms. The van der Waals surface area contributed by atoms with E-state index in [-0.39, 0.29) is 11.8 Å². The third-order valence-electron chi connectivity index (χ3n) is 4.17. The average molecular weight is 400 g/mol. The molecule has 8 heteroatoms. The van der Waals surface area contributed by atoms with Crippen LogP contribution in [0.15, 0.2) is 83.0 Å². The molecule has 0 heterocycles. The van der Waals surface area contributed by atoms with Gasteiger partial charge in [-0.15, -0.1) is 0 Å². The van der Waals surface area contributed by atoms with E-state index in [0.29, 0.717) is 33.6 Å². The summed E-state index contributed by atoms with van der Waals surface area (Å²) < 4.78 is 0. The van der Waals surface area contributed by atoms with Crippen LogP contribution >= 0.6 is 0 Å². The number of hydrogen-bond acceptors (Lipinski definition) is 6. The average Bonchev–Trinajstić information content (AvgIpc) is 2.76. The number of rotatable bonds is 6. The number of carbonyl (C=O) groups is 2. The molecule has 2 amide bonds. The number of hydrazone groups is 2. The Labute approximate surface area is 173 Å². The standard InChI is InChI=1S/C22H20N6O2/c23-25-13-15-5-3-7-17(11-15)21(29)27-19-9-1-2-10-20(19)28-22(30)18-8-4-6-16(12-18)14-26-24/h1-14H,23-24H2,(H,27,29)(H,28,30). The zero-order valence-electron chi connectivity index (χ0n) is 15.9. The predicted molar refractivity (Wildman–Crippen MR) is 119 cm³/mol. The monoisotopic (exact) mass is 400 g/mol. The van der Waals surface area contributed by atoms with Gasteiger partial charge in [0.05, 0.1) is 23.8 Å². The van der Waals surface area contributed by atoms with Crippen molar-refractivity contribution in [1.82, 2.24) is 0 Å². The van der Waals surface area contributed by atoms with Crippen LogP contribution in [0.1, 0.15) is 31.8 Å². The van der Waals surface area contributed by atoms with Crippen LogP contribution in [-0.2, 0) is 0 Å². The van der Waals surface area contributed by atoms with E-state index in [1.54, 1.807) is 72.8 Å². The van der Waals surface area contributed by atoms with Crippen molar-refractivity contribution in [3.8, 4) is 0 Å². The number of nitrogens with one attached hydrogen (secondary N) is 2. The van der Waals surface area contributed by atoms with Gasteiger partial charge in [0.2, 0.25) is 0 Å². The molecule has 0 radical (unpaired) electrons. The number of nitrogens with zero attached hydrogens (tertiary/aromatic N) is 2. The summed E-state index contributed by atoms with van der Waals surface area (Å²) in [6.45, 7) is 0. The van der Waals surface area contributed by atoms with Crippen LogP contribution in [0, 0.1) is 0 Å². The number of carbonyl (C=O) groups excluding carboxylic acids is 2. The molecular formula is C22H20N6O2. The number of anilines is 2. The third kappa shape index (κ3) is 5.08. The van der Waals surface area contributed by atoms with Gasteiger partial charge in [-0.2, -0.15) is 10.2 Å². The van der Waals surface area contributed by atoms with E-state index >= 15 is 0 Å². The molecule has 8 nitrogen and oxygen atoms in total. The third-order valence-corrected chi connectivity index (χ3v) is 4.17. The van der Waals surface area contributed by atoms with Gasteiger partial charge in [0.1, 0.15) is 0 Å². The quantitative estimate of drug-likeness (QED) is 0.287. The Balaban J connectivity index is 1.79. The predicted octanol–water partition coefficient (Wildman–Crippen LogP) is 2.78. The fourth-order valence-electron chi connectivity index (χ4n) is 2.78. The Kier molecular flexibility index (Phi) is 6.52. The summed E-state index contributed by atoms with van der Waals surface area (Å²) in [4.78, 5) is 25.3. The van der Waals surface area contributed by atoms with E-state index in [9.17, 15) is 9.59 Å². The van der Waals surface area contributed by atoms with E-state index in [1.165, 1.54) is 12.4 Å². The van der Waals surface area contributed by atoms with Crippen molar-refractivity contribution in [2.45, 2.75) is 0 Å². The number of para-hydroxylation sites is 2. The summed E-state index contributed by atoms with van der Waals surface area (Å²) >= 11 is 0. The van der Waals surface area contributed by atoms with E-state index in [0.717, 1.165) is 0 Å². The first kappa shape index (κ1) is 20.3. The lowest BCUT2D eigenvalue weighted by molar-refractivity contribution is 0.101. The molecule has 0 saturated carbocycles. The smallest absolute Gasteiger partial charge is 0.255 e. The van der Waals surface area contributed by atoms with Crippen molar-refractivity contribution < 1.29 is 9.59 Å². The molecule has 150 valence electrons. The van der Waals surface area contributed by atoms with Gasteiger partial charge in [-0.1, -0.05) is 36.4 Å². The minimum absolute atomic E-state index is 0.329. The van der Waals surface area contributed by atoms with Gasteiger partial charge < -0.3 is 22.3 Å². The van der Waals surface area contributed by atoms with Gasteiger partial charge in [0.25, 0.3) is 11.8 Å². The molecule has 3 rings (SSSR count). The van der Waals surface area contributed by atoms with Crippen molar-refractivity contribution in [3.63, 3.8) is 0 Å². The summed E-state index contributed by atoms with van der Waals surface area (Å²) in [5, 5.41) is 12.6. The Bertz CT molecular complexity index is 1040. The number of benzene rings is 3. The van der Waals surface area contributed by atoms with Gasteiger partial charge in [-0.3, -0.25) is 9.59 Å². The molecule has 6 N–H and O–H groups in total. The molecule has 0 aliphatic carbocycles. The Morgan fingerprint density at radius 3 is 1.50 bits per heavy atom. The lowest BCUT2D eigenvalue weighted by atomic mass is 10.1. The molecule has 0 spiro atoms. The highest BCUT2D eigenvalue weighted by molar-refractivity contribution is 6.10. The molecule has 3 aromatic rings. The van der Waals surface area contributed by atoms with Crippen molar-refractivity contribution in [3.05, 3.63) is 95.1 Å². The van der Waals surface area contributed by atoms with Crippen LogP contribution in [-0.4, -0.2) is 24.2 Å². The van der Waals surface area contributed by atoms with E-state index in [2.05, 4.69) is 20.8 Å². The lowest BCUT2D eigenvalue weighted by Gasteiger charge is -2.13. The minimum Gasteiger partial charge on any atom is -0.323 e. The second-order valence-corrected chi connectivity index (χ2v) is 6.26. The summed E-state index contributed by atoms with van der Waals surface area (Å²) in [7, 11) is 0. The topological polar surface area (TPSA) is 135 Å². The number of amides is 2. The largest absolute Gasteiger partial charge is 0.323 e. The van der Waals surface area contributed by atoms with Crippen LogP contribution in [0.2, 0.25) is 0 Å². The Morgan fingerprint density at radius 1 is 0.667 bits per heavy atom. The normalized spacial score (nSPS) is 10.9. The SMILES string of the molecule is NN=Cc1cccc(C(=O)Nc2ccccc2NC(=O)c2cccc(C=NN)c2)c1. The summed E-state index contributed by atoms with van der Waals surface area (Å²) in [5.74, 6) is 9.67. The Hall–Kier alpha value is -4.46. The van der Waals surface area contributed by atoms with E-state index in [1.807, 2.05) is 0 Å². The molecule has 0 aliphatic heterocycles. The summed E-state index contributed by atoms with van der Waals surface area (Å²) in [6.07, 6.45) is 2.91. The molecule has 0 aromatic heterocycles. The second-order valence-electron chi connectivity index (χ2n) is 6.26. The fourth-order valence-corrected chi connectivity index (χ4v) is 2.78. The molecule has 0 unspecified atom stereocenters. The highest BCUT2D eigenvalue weighted by Gasteiger charge is 2.12. The Morgan fingerprint density at radius 2 is 1.10 bits per heavy atom. The van der Waals surface area contributed by atoms with Gasteiger partial charge >= 0.3 is 0 Å². The first-order valence-electron chi connectivity index (χ1n) is 8.99. The molecule has 0 fully saturated rings. The summed E-state index contributed by atoms with van der Waals surface area (Å²) in [5.41, 5.74) is 3.20. The first-order valence-corrected chi connectivity index (χ1v) is 8.99. The number of nitrogens with two attached hydrogens (primary N) is 2. The summed E-state index contributed by atoms with van der Waals surface area (Å²) in [6, 6.07) is 20.7. The maximum atomic E-state index is 12.7. The van der Waals surface area contributed by atoms with Crippen molar-refractivity contribution >= 4 is 35.6 Å². The van der Waals surface area contributed by atoms with Crippen LogP contribution < -0.4 is 22.3 Å². The van der Waals surface area contributed by atoms with Crippen molar-refractivity contribution in [2.75, 3.05) is 10.6 Å². The molecular weight excluding hydrogens is 380 g/mol. The maximum absolute atomic E-state index is 12.7. The number of hydrogen-bond donors (Lipinski definition) is 4. The van der Waals surface area contributed by atoms with Crippen LogP contribution in [0.5, 0.6) is 0 Å². The van der Waals surface area contributed by atoms with Crippen molar-refractivity contribution in [1.29, 1.82) is 0 Å². The van der Waals surface area contributed by atoms with E-state index in [4.69, 9.17) is 11.7 Å². The molecule has 3 aromatic carbocycles. The molecule has 0 bridgehead atoms. The van der Waals surface area contributed by atoms with Gasteiger partial charge in [0.15, 0.2) is 0 Å². The van der Waals surface area contributed by atoms with Crippen LogP contribution in [0.3, 0.4) is 0 Å². The van der Waals surface area contributed by atoms with Gasteiger partial charge in [-0.05, 0) is 47.5 Å². The zero-order valence-corrected chi connectivity index (χ0v) is 15.9. The van der Waals surface area contributed by atoms with E-state index < -0.39 is 0 Å².